The lowest BCUT2D eigenvalue weighted by Gasteiger charge is -2.29. The first kappa shape index (κ1) is 14.9. The number of nitrogens with zero attached hydrogens (tertiary/aromatic N) is 1. The molecule has 20 heavy (non-hydrogen) atoms. The molecule has 2 atom stereocenters. The van der Waals surface area contributed by atoms with Gasteiger partial charge in [0.05, 0.1) is 13.5 Å². The van der Waals surface area contributed by atoms with Gasteiger partial charge < -0.3 is 15.4 Å². The summed E-state index contributed by atoms with van der Waals surface area (Å²) in [6.45, 7) is 0.671. The second kappa shape index (κ2) is 6.75. The number of rotatable bonds is 5. The number of likely N-dealkylation sites (N-methyl/N-ethyl adjacent to an activating group) is 1. The Balaban J connectivity index is 1.96. The normalized spacial score (nSPS) is 21.8. The molecule has 0 spiro atoms. The van der Waals surface area contributed by atoms with E-state index < -0.39 is 0 Å². The zero-order valence-corrected chi connectivity index (χ0v) is 12.3. The maximum atomic E-state index is 12.4. The molecule has 1 fully saturated rings. The largest absolute Gasteiger partial charge is 0.497 e. The van der Waals surface area contributed by atoms with Crippen LogP contribution in [0.4, 0.5) is 0 Å². The van der Waals surface area contributed by atoms with E-state index in [9.17, 15) is 4.79 Å². The Morgan fingerprint density at radius 3 is 2.65 bits per heavy atom. The highest BCUT2D eigenvalue weighted by atomic mass is 16.5. The van der Waals surface area contributed by atoms with Crippen molar-refractivity contribution in [3.8, 4) is 5.75 Å². The van der Waals surface area contributed by atoms with Crippen molar-refractivity contribution in [1.29, 1.82) is 0 Å². The van der Waals surface area contributed by atoms with Crippen molar-refractivity contribution in [1.82, 2.24) is 4.90 Å². The first-order valence-corrected chi connectivity index (χ1v) is 7.24. The van der Waals surface area contributed by atoms with Gasteiger partial charge in [-0.3, -0.25) is 4.79 Å². The highest BCUT2D eigenvalue weighted by molar-refractivity contribution is 5.79. The van der Waals surface area contributed by atoms with Gasteiger partial charge in [0.1, 0.15) is 5.75 Å². The van der Waals surface area contributed by atoms with Crippen LogP contribution in [0.15, 0.2) is 24.3 Å². The Morgan fingerprint density at radius 1 is 1.35 bits per heavy atom. The fourth-order valence-corrected chi connectivity index (χ4v) is 3.03. The molecule has 2 rings (SSSR count). The molecule has 110 valence electrons. The predicted octanol–water partition coefficient (Wildman–Crippen LogP) is 1.82. The molecule has 0 saturated heterocycles. The topological polar surface area (TPSA) is 55.6 Å². The van der Waals surface area contributed by atoms with E-state index in [-0.39, 0.29) is 5.91 Å². The van der Waals surface area contributed by atoms with Gasteiger partial charge in [0, 0.05) is 13.1 Å². The van der Waals surface area contributed by atoms with Crippen LogP contribution in [0.5, 0.6) is 5.75 Å². The van der Waals surface area contributed by atoms with Crippen LogP contribution >= 0.6 is 0 Å². The van der Waals surface area contributed by atoms with E-state index in [2.05, 4.69) is 0 Å². The Bertz CT molecular complexity index is 444. The van der Waals surface area contributed by atoms with Gasteiger partial charge in [0.2, 0.25) is 5.91 Å². The van der Waals surface area contributed by atoms with Crippen LogP contribution in [0.1, 0.15) is 24.8 Å². The van der Waals surface area contributed by atoms with Crippen LogP contribution in [-0.4, -0.2) is 37.6 Å². The zero-order valence-electron chi connectivity index (χ0n) is 12.3. The smallest absolute Gasteiger partial charge is 0.226 e. The van der Waals surface area contributed by atoms with E-state index in [1.54, 1.807) is 7.11 Å². The molecule has 0 aromatic heterocycles. The van der Waals surface area contributed by atoms with E-state index in [1.807, 2.05) is 36.2 Å². The molecule has 0 heterocycles. The summed E-state index contributed by atoms with van der Waals surface area (Å²) < 4.78 is 5.12. The average Bonchev–Trinajstić information content (AvgIpc) is 2.95. The zero-order chi connectivity index (χ0) is 14.5. The number of benzene rings is 1. The number of nitrogens with two attached hydrogens (primary N) is 1. The Kier molecular flexibility index (Phi) is 5.01. The second-order valence-electron chi connectivity index (χ2n) is 5.52. The summed E-state index contributed by atoms with van der Waals surface area (Å²) in [6.07, 6.45) is 3.83. The fraction of sp³-hybridized carbons (Fsp3) is 0.562. The molecule has 1 aliphatic rings. The SMILES string of the molecule is COc1ccc(CC(=O)N(C)C2CCCC2CN)cc1. The summed E-state index contributed by atoms with van der Waals surface area (Å²) in [5.41, 5.74) is 6.81. The minimum atomic E-state index is 0.167. The summed E-state index contributed by atoms with van der Waals surface area (Å²) in [7, 11) is 3.55. The minimum Gasteiger partial charge on any atom is -0.497 e. The second-order valence-corrected chi connectivity index (χ2v) is 5.52. The van der Waals surface area contributed by atoms with E-state index in [0.717, 1.165) is 24.2 Å². The molecule has 2 N–H and O–H groups in total. The molecule has 0 radical (unpaired) electrons. The summed E-state index contributed by atoms with van der Waals surface area (Å²) >= 11 is 0. The summed E-state index contributed by atoms with van der Waals surface area (Å²) in [5.74, 6) is 1.44. The van der Waals surface area contributed by atoms with Gasteiger partial charge in [-0.15, -0.1) is 0 Å². The molecule has 4 nitrogen and oxygen atoms in total. The van der Waals surface area contributed by atoms with Gasteiger partial charge in [0.25, 0.3) is 0 Å². The Labute approximate surface area is 120 Å². The molecule has 1 saturated carbocycles. The first-order valence-electron chi connectivity index (χ1n) is 7.24. The average molecular weight is 276 g/mol. The van der Waals surface area contributed by atoms with Crippen LogP contribution in [0.2, 0.25) is 0 Å². The lowest BCUT2D eigenvalue weighted by Crippen LogP contribution is -2.42. The van der Waals surface area contributed by atoms with Crippen molar-refractivity contribution < 1.29 is 9.53 Å². The lowest BCUT2D eigenvalue weighted by molar-refractivity contribution is -0.131. The standard InChI is InChI=1S/C16H24N2O2/c1-18(15-5-3-4-13(15)11-17)16(19)10-12-6-8-14(20-2)9-7-12/h6-9,13,15H,3-5,10-11,17H2,1-2H3. The highest BCUT2D eigenvalue weighted by Crippen LogP contribution is 2.28. The predicted molar refractivity (Wildman–Crippen MR) is 79.7 cm³/mol. The highest BCUT2D eigenvalue weighted by Gasteiger charge is 2.31. The third kappa shape index (κ3) is 3.31. The lowest BCUT2D eigenvalue weighted by atomic mass is 10.0. The van der Waals surface area contributed by atoms with Crippen LogP contribution in [-0.2, 0) is 11.2 Å². The van der Waals surface area contributed by atoms with E-state index in [0.29, 0.717) is 24.9 Å². The van der Waals surface area contributed by atoms with Crippen LogP contribution in [0.3, 0.4) is 0 Å². The quantitative estimate of drug-likeness (QED) is 0.892. The molecule has 2 unspecified atom stereocenters. The van der Waals surface area contributed by atoms with Gasteiger partial charge in [-0.05, 0) is 43.0 Å². The molecule has 1 aliphatic carbocycles. The third-order valence-electron chi connectivity index (χ3n) is 4.33. The number of hydrogen-bond donors (Lipinski definition) is 1. The van der Waals surface area contributed by atoms with Gasteiger partial charge in [0.15, 0.2) is 0 Å². The van der Waals surface area contributed by atoms with Gasteiger partial charge in [-0.2, -0.15) is 0 Å². The number of ether oxygens (including phenoxy) is 1. The van der Waals surface area contributed by atoms with Crippen molar-refractivity contribution in [2.75, 3.05) is 20.7 Å². The number of carbonyl (C=O) groups excluding carboxylic acids is 1. The Hall–Kier alpha value is -1.55. The van der Waals surface area contributed by atoms with Crippen LogP contribution in [0.25, 0.3) is 0 Å². The number of methoxy groups -OCH3 is 1. The maximum Gasteiger partial charge on any atom is 0.226 e. The molecule has 1 amide bonds. The van der Waals surface area contributed by atoms with Crippen molar-refractivity contribution in [3.05, 3.63) is 29.8 Å². The molecule has 1 aromatic carbocycles. The van der Waals surface area contributed by atoms with Gasteiger partial charge >= 0.3 is 0 Å². The number of amides is 1. The minimum absolute atomic E-state index is 0.167. The van der Waals surface area contributed by atoms with Crippen molar-refractivity contribution in [2.24, 2.45) is 11.7 Å². The summed E-state index contributed by atoms with van der Waals surface area (Å²) in [5, 5.41) is 0. The van der Waals surface area contributed by atoms with Crippen molar-refractivity contribution in [2.45, 2.75) is 31.7 Å². The van der Waals surface area contributed by atoms with Gasteiger partial charge in [-0.25, -0.2) is 0 Å². The van der Waals surface area contributed by atoms with Crippen LogP contribution in [0, 0.1) is 5.92 Å². The summed E-state index contributed by atoms with van der Waals surface area (Å²) in [4.78, 5) is 14.3. The number of carbonyl (C=O) groups is 1. The first-order chi connectivity index (χ1) is 9.65. The molecule has 0 aliphatic heterocycles. The van der Waals surface area contributed by atoms with E-state index in [4.69, 9.17) is 10.5 Å². The summed E-state index contributed by atoms with van der Waals surface area (Å²) in [6, 6.07) is 7.98. The molecular formula is C16H24N2O2. The molecule has 0 bridgehead atoms. The maximum absolute atomic E-state index is 12.4. The molecule has 4 heteroatoms. The number of hydrogen-bond acceptors (Lipinski definition) is 3. The van der Waals surface area contributed by atoms with Crippen molar-refractivity contribution in [3.63, 3.8) is 0 Å². The van der Waals surface area contributed by atoms with Crippen LogP contribution < -0.4 is 10.5 Å². The molecule has 1 aromatic rings. The third-order valence-corrected chi connectivity index (χ3v) is 4.33. The van der Waals surface area contributed by atoms with Crippen molar-refractivity contribution >= 4 is 5.91 Å². The van der Waals surface area contributed by atoms with E-state index in [1.165, 1.54) is 6.42 Å². The molecular weight excluding hydrogens is 252 g/mol. The Morgan fingerprint density at radius 2 is 2.05 bits per heavy atom. The van der Waals surface area contributed by atoms with Gasteiger partial charge in [-0.1, -0.05) is 18.6 Å². The monoisotopic (exact) mass is 276 g/mol. The fourth-order valence-electron chi connectivity index (χ4n) is 3.03. The van der Waals surface area contributed by atoms with E-state index >= 15 is 0 Å².